The van der Waals surface area contributed by atoms with Crippen LogP contribution in [0.2, 0.25) is 0 Å². The van der Waals surface area contributed by atoms with Crippen molar-refractivity contribution in [3.05, 3.63) is 54.6 Å². The molecule has 0 radical (unpaired) electrons. The molecule has 3 rings (SSSR count). The summed E-state index contributed by atoms with van der Waals surface area (Å²) in [6.45, 7) is 0. The minimum Gasteiger partial charge on any atom is -0.324 e. The third-order valence-electron chi connectivity index (χ3n) is 3.02. The second kappa shape index (κ2) is 5.05. The van der Waals surface area contributed by atoms with Gasteiger partial charge in [-0.1, -0.05) is 30.3 Å². The Labute approximate surface area is 116 Å². The molecule has 100 valence electrons. The van der Waals surface area contributed by atoms with Gasteiger partial charge in [0, 0.05) is 12.7 Å². The lowest BCUT2D eigenvalue weighted by Crippen LogP contribution is -2.31. The van der Waals surface area contributed by atoms with Crippen LogP contribution in [0.4, 0.5) is 16.4 Å². The number of amides is 2. The van der Waals surface area contributed by atoms with E-state index in [0.717, 1.165) is 16.7 Å². The van der Waals surface area contributed by atoms with Gasteiger partial charge in [-0.05, 0) is 24.3 Å². The summed E-state index contributed by atoms with van der Waals surface area (Å²) in [5.74, 6) is 0.514. The van der Waals surface area contributed by atoms with Gasteiger partial charge in [0.25, 0.3) is 0 Å². The number of aromatic amines is 1. The number of nitrogens with one attached hydrogen (secondary N) is 2. The van der Waals surface area contributed by atoms with Gasteiger partial charge in [0.15, 0.2) is 0 Å². The normalized spacial score (nSPS) is 10.4. The first kappa shape index (κ1) is 12.2. The number of hydrogen-bond donors (Lipinski definition) is 2. The van der Waals surface area contributed by atoms with Crippen molar-refractivity contribution in [3.8, 4) is 0 Å². The Balaban J connectivity index is 1.81. The molecular formula is C15H14N4O. The van der Waals surface area contributed by atoms with Gasteiger partial charge in [-0.3, -0.25) is 4.90 Å². The van der Waals surface area contributed by atoms with Crippen molar-refractivity contribution in [2.24, 2.45) is 0 Å². The molecule has 5 heteroatoms. The Morgan fingerprint density at radius 1 is 1.10 bits per heavy atom. The predicted octanol–water partition coefficient (Wildman–Crippen LogP) is 3.23. The number of rotatable bonds is 2. The molecule has 20 heavy (non-hydrogen) atoms. The number of H-pyrrole nitrogens is 1. The number of imidazole rings is 1. The number of fused-ring (bicyclic) bond motifs is 1. The maximum atomic E-state index is 12.1. The lowest BCUT2D eigenvalue weighted by atomic mass is 10.3. The average Bonchev–Trinajstić information content (AvgIpc) is 2.91. The highest BCUT2D eigenvalue weighted by molar-refractivity contribution is 6.01. The molecule has 0 saturated carbocycles. The molecule has 0 bridgehead atoms. The fourth-order valence-corrected chi connectivity index (χ4v) is 1.92. The summed E-state index contributed by atoms with van der Waals surface area (Å²) < 4.78 is 0. The predicted molar refractivity (Wildman–Crippen MR) is 80.0 cm³/mol. The quantitative estimate of drug-likeness (QED) is 0.748. The lowest BCUT2D eigenvalue weighted by molar-refractivity contribution is 0.258. The van der Waals surface area contributed by atoms with E-state index in [4.69, 9.17) is 0 Å². The van der Waals surface area contributed by atoms with Crippen LogP contribution < -0.4 is 10.2 Å². The molecule has 0 spiro atoms. The van der Waals surface area contributed by atoms with Crippen LogP contribution in [0.1, 0.15) is 0 Å². The zero-order chi connectivity index (χ0) is 13.9. The SMILES string of the molecule is CN(C(=O)Nc1ccccc1)c1nc2ccccc2[nH]1. The van der Waals surface area contributed by atoms with Crippen LogP contribution in [0.25, 0.3) is 11.0 Å². The molecule has 3 aromatic rings. The van der Waals surface area contributed by atoms with Crippen LogP contribution >= 0.6 is 0 Å². The Kier molecular flexibility index (Phi) is 3.09. The minimum atomic E-state index is -0.241. The number of urea groups is 1. The molecule has 1 aromatic heterocycles. The van der Waals surface area contributed by atoms with E-state index >= 15 is 0 Å². The molecule has 2 amide bonds. The third-order valence-corrected chi connectivity index (χ3v) is 3.02. The van der Waals surface area contributed by atoms with Gasteiger partial charge in [0.1, 0.15) is 0 Å². The second-order valence-electron chi connectivity index (χ2n) is 4.43. The fraction of sp³-hybridized carbons (Fsp3) is 0.0667. The van der Waals surface area contributed by atoms with Crippen molar-refractivity contribution in [1.82, 2.24) is 9.97 Å². The van der Waals surface area contributed by atoms with Crippen LogP contribution in [0.3, 0.4) is 0 Å². The summed E-state index contributed by atoms with van der Waals surface area (Å²) in [7, 11) is 1.68. The van der Waals surface area contributed by atoms with E-state index in [0.29, 0.717) is 5.95 Å². The molecule has 1 heterocycles. The highest BCUT2D eigenvalue weighted by Gasteiger charge is 2.14. The van der Waals surface area contributed by atoms with Crippen LogP contribution in [-0.4, -0.2) is 23.0 Å². The first-order chi connectivity index (χ1) is 9.74. The number of aromatic nitrogens is 2. The van der Waals surface area contributed by atoms with Crippen LogP contribution in [0.5, 0.6) is 0 Å². The number of benzene rings is 2. The number of carbonyl (C=O) groups is 1. The first-order valence-electron chi connectivity index (χ1n) is 6.28. The molecule has 2 N–H and O–H groups in total. The Morgan fingerprint density at radius 2 is 1.80 bits per heavy atom. The van der Waals surface area contributed by atoms with E-state index in [-0.39, 0.29) is 6.03 Å². The van der Waals surface area contributed by atoms with Crippen LogP contribution in [0, 0.1) is 0 Å². The van der Waals surface area contributed by atoms with Crippen molar-refractivity contribution < 1.29 is 4.79 Å². The van der Waals surface area contributed by atoms with E-state index in [9.17, 15) is 4.79 Å². The van der Waals surface area contributed by atoms with Crippen LogP contribution in [-0.2, 0) is 0 Å². The molecule has 2 aromatic carbocycles. The number of carbonyl (C=O) groups excluding carboxylic acids is 1. The van der Waals surface area contributed by atoms with Crippen molar-refractivity contribution in [2.75, 3.05) is 17.3 Å². The van der Waals surface area contributed by atoms with Gasteiger partial charge in [0.2, 0.25) is 5.95 Å². The molecule has 0 unspecified atom stereocenters. The number of anilines is 2. The van der Waals surface area contributed by atoms with Gasteiger partial charge < -0.3 is 10.3 Å². The summed E-state index contributed by atoms with van der Waals surface area (Å²) in [5.41, 5.74) is 2.49. The number of hydrogen-bond acceptors (Lipinski definition) is 2. The molecule has 0 atom stereocenters. The summed E-state index contributed by atoms with van der Waals surface area (Å²) in [5, 5.41) is 2.81. The summed E-state index contributed by atoms with van der Waals surface area (Å²) in [4.78, 5) is 21.1. The summed E-state index contributed by atoms with van der Waals surface area (Å²) >= 11 is 0. The lowest BCUT2D eigenvalue weighted by Gasteiger charge is -2.14. The van der Waals surface area contributed by atoms with Gasteiger partial charge in [-0.15, -0.1) is 0 Å². The minimum absolute atomic E-state index is 0.241. The Morgan fingerprint density at radius 3 is 2.55 bits per heavy atom. The topological polar surface area (TPSA) is 61.0 Å². The Bertz CT molecular complexity index is 703. The highest BCUT2D eigenvalue weighted by atomic mass is 16.2. The zero-order valence-corrected chi connectivity index (χ0v) is 11.0. The van der Waals surface area contributed by atoms with Crippen molar-refractivity contribution in [3.63, 3.8) is 0 Å². The molecule has 5 nitrogen and oxygen atoms in total. The largest absolute Gasteiger partial charge is 0.328 e. The van der Waals surface area contributed by atoms with E-state index in [1.54, 1.807) is 7.05 Å². The maximum absolute atomic E-state index is 12.1. The van der Waals surface area contributed by atoms with Gasteiger partial charge in [-0.2, -0.15) is 0 Å². The van der Waals surface area contributed by atoms with Gasteiger partial charge >= 0.3 is 6.03 Å². The molecule has 0 fully saturated rings. The third kappa shape index (κ3) is 2.33. The summed E-state index contributed by atoms with van der Waals surface area (Å²) in [6.07, 6.45) is 0. The van der Waals surface area contributed by atoms with Gasteiger partial charge in [0.05, 0.1) is 11.0 Å². The zero-order valence-electron chi connectivity index (χ0n) is 11.0. The number of para-hydroxylation sites is 3. The average molecular weight is 266 g/mol. The van der Waals surface area contributed by atoms with E-state index in [1.807, 2.05) is 54.6 Å². The van der Waals surface area contributed by atoms with E-state index in [1.165, 1.54) is 4.90 Å². The molecule has 0 saturated heterocycles. The molecular weight excluding hydrogens is 252 g/mol. The number of nitrogens with zero attached hydrogens (tertiary/aromatic N) is 2. The molecule has 0 aliphatic heterocycles. The first-order valence-corrected chi connectivity index (χ1v) is 6.28. The van der Waals surface area contributed by atoms with Crippen molar-refractivity contribution in [1.29, 1.82) is 0 Å². The maximum Gasteiger partial charge on any atom is 0.328 e. The smallest absolute Gasteiger partial charge is 0.324 e. The molecule has 0 aliphatic carbocycles. The highest BCUT2D eigenvalue weighted by Crippen LogP contribution is 2.17. The van der Waals surface area contributed by atoms with Crippen molar-refractivity contribution >= 4 is 28.7 Å². The Hall–Kier alpha value is -2.82. The van der Waals surface area contributed by atoms with Crippen LogP contribution in [0.15, 0.2) is 54.6 Å². The van der Waals surface area contributed by atoms with Crippen molar-refractivity contribution in [2.45, 2.75) is 0 Å². The van der Waals surface area contributed by atoms with Gasteiger partial charge in [-0.25, -0.2) is 9.78 Å². The standard InChI is InChI=1S/C15H14N4O/c1-19(15(20)16-11-7-3-2-4-8-11)14-17-12-9-5-6-10-13(12)18-14/h2-10H,1H3,(H,16,20)(H,17,18). The monoisotopic (exact) mass is 266 g/mol. The van der Waals surface area contributed by atoms with E-state index < -0.39 is 0 Å². The summed E-state index contributed by atoms with van der Waals surface area (Å²) in [6, 6.07) is 16.7. The van der Waals surface area contributed by atoms with E-state index in [2.05, 4.69) is 15.3 Å². The fourth-order valence-electron chi connectivity index (χ4n) is 1.92. The second-order valence-corrected chi connectivity index (χ2v) is 4.43. The molecule has 0 aliphatic rings.